The van der Waals surface area contributed by atoms with Gasteiger partial charge < -0.3 is 8.83 Å². The van der Waals surface area contributed by atoms with Crippen molar-refractivity contribution < 1.29 is 8.83 Å². The quantitative estimate of drug-likeness (QED) is 0.213. The SMILES string of the molecule is c1ccc(-c2cccc(-c3ccc4oc5c(-c6cccc(-c7cccc8c7oc7ccccc78)c6)ncnc5c4c3)c2)cc1. The lowest BCUT2D eigenvalue weighted by molar-refractivity contribution is 0.667. The van der Waals surface area contributed by atoms with Gasteiger partial charge >= 0.3 is 0 Å². The summed E-state index contributed by atoms with van der Waals surface area (Å²) in [5.74, 6) is 0. The van der Waals surface area contributed by atoms with Crippen molar-refractivity contribution in [3.05, 3.63) is 146 Å². The van der Waals surface area contributed by atoms with Crippen molar-refractivity contribution in [1.29, 1.82) is 0 Å². The Bertz CT molecular complexity index is 2510. The number of rotatable bonds is 4. The molecule has 0 radical (unpaired) electrons. The molecule has 0 aliphatic carbocycles. The number of furan rings is 2. The van der Waals surface area contributed by atoms with Gasteiger partial charge in [-0.15, -0.1) is 0 Å². The summed E-state index contributed by atoms with van der Waals surface area (Å²) < 4.78 is 12.8. The third-order valence-corrected chi connectivity index (χ3v) is 8.40. The molecule has 0 atom stereocenters. The molecule has 4 nitrogen and oxygen atoms in total. The summed E-state index contributed by atoms with van der Waals surface area (Å²) in [5.41, 5.74) is 12.5. The first-order valence-corrected chi connectivity index (χ1v) is 14.6. The smallest absolute Gasteiger partial charge is 0.180 e. The Morgan fingerprint density at radius 2 is 1.02 bits per heavy atom. The summed E-state index contributed by atoms with van der Waals surface area (Å²) in [5, 5.41) is 3.19. The zero-order valence-corrected chi connectivity index (χ0v) is 23.6. The van der Waals surface area contributed by atoms with Crippen LogP contribution in [0.2, 0.25) is 0 Å². The molecule has 0 saturated heterocycles. The van der Waals surface area contributed by atoms with Gasteiger partial charge in [-0.25, -0.2) is 9.97 Å². The normalized spacial score (nSPS) is 11.6. The number of aromatic nitrogens is 2. The predicted octanol–water partition coefficient (Wildman–Crippen LogP) is 10.9. The third-order valence-electron chi connectivity index (χ3n) is 8.40. The van der Waals surface area contributed by atoms with E-state index in [0.717, 1.165) is 71.9 Å². The zero-order valence-electron chi connectivity index (χ0n) is 23.6. The second-order valence-corrected chi connectivity index (χ2v) is 11.0. The fourth-order valence-electron chi connectivity index (χ4n) is 6.28. The van der Waals surface area contributed by atoms with Crippen LogP contribution in [-0.2, 0) is 0 Å². The highest BCUT2D eigenvalue weighted by atomic mass is 16.3. The highest BCUT2D eigenvalue weighted by molar-refractivity contribution is 6.10. The maximum absolute atomic E-state index is 6.43. The lowest BCUT2D eigenvalue weighted by Gasteiger charge is -2.07. The number of benzene rings is 6. The molecule has 206 valence electrons. The molecule has 9 aromatic rings. The van der Waals surface area contributed by atoms with E-state index in [9.17, 15) is 0 Å². The number of para-hydroxylation sites is 2. The van der Waals surface area contributed by atoms with Gasteiger partial charge in [-0.1, -0.05) is 109 Å². The summed E-state index contributed by atoms with van der Waals surface area (Å²) in [4.78, 5) is 9.38. The van der Waals surface area contributed by atoms with Crippen LogP contribution in [0.4, 0.5) is 0 Å². The van der Waals surface area contributed by atoms with Crippen molar-refractivity contribution in [2.45, 2.75) is 0 Å². The Hall–Kier alpha value is -6.00. The van der Waals surface area contributed by atoms with Gasteiger partial charge in [-0.3, -0.25) is 0 Å². The van der Waals surface area contributed by atoms with Crippen molar-refractivity contribution in [3.63, 3.8) is 0 Å². The lowest BCUT2D eigenvalue weighted by atomic mass is 9.98. The first-order valence-electron chi connectivity index (χ1n) is 14.6. The van der Waals surface area contributed by atoms with E-state index in [1.807, 2.05) is 30.3 Å². The van der Waals surface area contributed by atoms with E-state index >= 15 is 0 Å². The maximum atomic E-state index is 6.43. The molecule has 0 aliphatic heterocycles. The fraction of sp³-hybridized carbons (Fsp3) is 0. The van der Waals surface area contributed by atoms with Crippen LogP contribution in [0.25, 0.3) is 88.6 Å². The van der Waals surface area contributed by atoms with Crippen LogP contribution < -0.4 is 0 Å². The number of fused-ring (bicyclic) bond motifs is 6. The van der Waals surface area contributed by atoms with E-state index < -0.39 is 0 Å². The van der Waals surface area contributed by atoms with Crippen LogP contribution in [0.3, 0.4) is 0 Å². The molecular formula is C40H24N2O2. The molecule has 3 aromatic heterocycles. The minimum Gasteiger partial charge on any atom is -0.455 e. The van der Waals surface area contributed by atoms with Crippen molar-refractivity contribution >= 4 is 44.0 Å². The minimum atomic E-state index is 0.678. The molecule has 6 aromatic carbocycles. The van der Waals surface area contributed by atoms with Gasteiger partial charge in [0.2, 0.25) is 0 Å². The minimum absolute atomic E-state index is 0.678. The second kappa shape index (κ2) is 9.79. The van der Waals surface area contributed by atoms with Gasteiger partial charge in [-0.05, 0) is 58.1 Å². The standard InChI is InChI=1S/C40H24N2O2/c1-2-9-25(10-3-1)26-11-6-12-27(21-26)28-19-20-36-34(23-28)38-40(44-36)37(41-24-42-38)30-14-7-13-29(22-30)31-16-8-17-33-32-15-4-5-18-35(32)43-39(31)33/h1-24H. The molecular weight excluding hydrogens is 540 g/mol. The number of hydrogen-bond donors (Lipinski definition) is 0. The van der Waals surface area contributed by atoms with Crippen LogP contribution in [0, 0.1) is 0 Å². The van der Waals surface area contributed by atoms with E-state index in [1.165, 1.54) is 11.1 Å². The summed E-state index contributed by atoms with van der Waals surface area (Å²) in [6.07, 6.45) is 1.63. The number of hydrogen-bond acceptors (Lipinski definition) is 4. The van der Waals surface area contributed by atoms with Crippen molar-refractivity contribution in [1.82, 2.24) is 9.97 Å². The predicted molar refractivity (Wildman–Crippen MR) is 178 cm³/mol. The second-order valence-electron chi connectivity index (χ2n) is 11.0. The van der Waals surface area contributed by atoms with Crippen molar-refractivity contribution in [2.24, 2.45) is 0 Å². The molecule has 0 fully saturated rings. The monoisotopic (exact) mass is 564 g/mol. The molecule has 3 heterocycles. The van der Waals surface area contributed by atoms with Gasteiger partial charge in [0.25, 0.3) is 0 Å². The molecule has 0 amide bonds. The molecule has 0 spiro atoms. The first-order chi connectivity index (χ1) is 21.8. The van der Waals surface area contributed by atoms with Crippen LogP contribution >= 0.6 is 0 Å². The molecule has 0 unspecified atom stereocenters. The van der Waals surface area contributed by atoms with E-state index in [4.69, 9.17) is 13.8 Å². The van der Waals surface area contributed by atoms with E-state index in [2.05, 4.69) is 114 Å². The Labute approximate surface area is 252 Å². The van der Waals surface area contributed by atoms with Gasteiger partial charge in [0, 0.05) is 27.3 Å². The highest BCUT2D eigenvalue weighted by Gasteiger charge is 2.17. The summed E-state index contributed by atoms with van der Waals surface area (Å²) in [6.45, 7) is 0. The fourth-order valence-corrected chi connectivity index (χ4v) is 6.28. The van der Waals surface area contributed by atoms with Crippen molar-refractivity contribution in [3.8, 4) is 44.6 Å². The van der Waals surface area contributed by atoms with E-state index in [-0.39, 0.29) is 0 Å². The number of nitrogens with zero attached hydrogens (tertiary/aromatic N) is 2. The molecule has 0 saturated carbocycles. The molecule has 0 N–H and O–H groups in total. The van der Waals surface area contributed by atoms with E-state index in [0.29, 0.717) is 5.58 Å². The van der Waals surface area contributed by atoms with Crippen molar-refractivity contribution in [2.75, 3.05) is 0 Å². The Balaban J connectivity index is 1.15. The van der Waals surface area contributed by atoms with Gasteiger partial charge in [-0.2, -0.15) is 0 Å². The Morgan fingerprint density at radius 1 is 0.386 bits per heavy atom. The molecule has 0 aliphatic rings. The molecule has 44 heavy (non-hydrogen) atoms. The largest absolute Gasteiger partial charge is 0.455 e. The average molecular weight is 565 g/mol. The van der Waals surface area contributed by atoms with E-state index in [1.54, 1.807) is 6.33 Å². The average Bonchev–Trinajstić information content (AvgIpc) is 3.67. The molecule has 9 rings (SSSR count). The van der Waals surface area contributed by atoms with Crippen LogP contribution in [0.1, 0.15) is 0 Å². The molecule has 4 heteroatoms. The van der Waals surface area contributed by atoms with Crippen LogP contribution in [0.5, 0.6) is 0 Å². The highest BCUT2D eigenvalue weighted by Crippen LogP contribution is 2.39. The zero-order chi connectivity index (χ0) is 29.0. The van der Waals surface area contributed by atoms with Crippen LogP contribution in [-0.4, -0.2) is 9.97 Å². The van der Waals surface area contributed by atoms with Gasteiger partial charge in [0.15, 0.2) is 5.58 Å². The molecule has 0 bridgehead atoms. The third kappa shape index (κ3) is 3.92. The van der Waals surface area contributed by atoms with Crippen LogP contribution in [0.15, 0.2) is 155 Å². The maximum Gasteiger partial charge on any atom is 0.180 e. The summed E-state index contributed by atoms with van der Waals surface area (Å²) in [6, 6.07) is 48.2. The summed E-state index contributed by atoms with van der Waals surface area (Å²) in [7, 11) is 0. The topological polar surface area (TPSA) is 52.1 Å². The Kier molecular flexibility index (Phi) is 5.47. The lowest BCUT2D eigenvalue weighted by Crippen LogP contribution is -1.88. The summed E-state index contributed by atoms with van der Waals surface area (Å²) >= 11 is 0. The van der Waals surface area contributed by atoms with Gasteiger partial charge in [0.05, 0.1) is 0 Å². The van der Waals surface area contributed by atoms with Gasteiger partial charge in [0.1, 0.15) is 34.3 Å². The first kappa shape index (κ1) is 24.6. The Morgan fingerprint density at radius 3 is 1.93 bits per heavy atom.